The molecule has 4 heteroatoms. The zero-order chi connectivity index (χ0) is 13.0. The van der Waals surface area contributed by atoms with Crippen molar-refractivity contribution in [3.05, 3.63) is 29.8 Å². The largest absolute Gasteiger partial charge is 0.496 e. The average molecular weight is 266 g/mol. The van der Waals surface area contributed by atoms with Crippen LogP contribution in [0.2, 0.25) is 0 Å². The lowest BCUT2D eigenvalue weighted by molar-refractivity contribution is 0.101. The van der Waals surface area contributed by atoms with Gasteiger partial charge in [0.15, 0.2) is 5.78 Å². The Balaban J connectivity index is 1.95. The molecule has 2 unspecified atom stereocenters. The van der Waals surface area contributed by atoms with Crippen LogP contribution in [0.5, 0.6) is 5.75 Å². The standard InChI is InChI=1S/C14H18O3S/c1-10-14(7-8-17-10)18-9-12(15)11-5-3-4-6-13(11)16-2/h3-6,10,14H,7-9H2,1-2H3. The first-order valence-electron chi connectivity index (χ1n) is 6.12. The Kier molecular flexibility index (Phi) is 4.66. The van der Waals surface area contributed by atoms with Gasteiger partial charge in [0.05, 0.1) is 24.5 Å². The highest BCUT2D eigenvalue weighted by atomic mass is 32.2. The number of carbonyl (C=O) groups is 1. The van der Waals surface area contributed by atoms with Gasteiger partial charge in [0.25, 0.3) is 0 Å². The molecular formula is C14H18O3S. The van der Waals surface area contributed by atoms with E-state index in [4.69, 9.17) is 9.47 Å². The molecule has 1 aromatic carbocycles. The Morgan fingerprint density at radius 1 is 1.50 bits per heavy atom. The van der Waals surface area contributed by atoms with Crippen LogP contribution in [-0.4, -0.2) is 36.6 Å². The second-order valence-corrected chi connectivity index (χ2v) is 5.57. The predicted molar refractivity (Wildman–Crippen MR) is 73.6 cm³/mol. The summed E-state index contributed by atoms with van der Waals surface area (Å²) in [5.41, 5.74) is 0.666. The Morgan fingerprint density at radius 3 is 2.94 bits per heavy atom. The first-order chi connectivity index (χ1) is 8.72. The predicted octanol–water partition coefficient (Wildman–Crippen LogP) is 2.79. The van der Waals surface area contributed by atoms with Gasteiger partial charge in [-0.2, -0.15) is 0 Å². The molecule has 1 saturated heterocycles. The fourth-order valence-electron chi connectivity index (χ4n) is 2.07. The van der Waals surface area contributed by atoms with Crippen molar-refractivity contribution in [2.45, 2.75) is 24.7 Å². The molecule has 0 N–H and O–H groups in total. The minimum absolute atomic E-state index is 0.122. The van der Waals surface area contributed by atoms with Gasteiger partial charge in [-0.1, -0.05) is 12.1 Å². The van der Waals surface area contributed by atoms with Crippen LogP contribution in [0, 0.1) is 0 Å². The third-order valence-corrected chi connectivity index (χ3v) is 4.62. The topological polar surface area (TPSA) is 35.5 Å². The van der Waals surface area contributed by atoms with Gasteiger partial charge in [-0.25, -0.2) is 0 Å². The first-order valence-corrected chi connectivity index (χ1v) is 7.16. The van der Waals surface area contributed by atoms with E-state index in [1.54, 1.807) is 18.9 Å². The van der Waals surface area contributed by atoms with Crippen molar-refractivity contribution in [1.29, 1.82) is 0 Å². The number of ketones is 1. The van der Waals surface area contributed by atoms with E-state index in [0.29, 0.717) is 22.3 Å². The quantitative estimate of drug-likeness (QED) is 0.768. The van der Waals surface area contributed by atoms with Crippen LogP contribution < -0.4 is 4.74 Å². The summed E-state index contributed by atoms with van der Waals surface area (Å²) in [6.45, 7) is 2.87. The Hall–Kier alpha value is -1.00. The molecule has 1 heterocycles. The van der Waals surface area contributed by atoms with Crippen molar-refractivity contribution in [3.63, 3.8) is 0 Å². The molecule has 0 aliphatic carbocycles. The number of benzene rings is 1. The summed E-state index contributed by atoms with van der Waals surface area (Å²) in [5.74, 6) is 1.26. The van der Waals surface area contributed by atoms with Crippen molar-refractivity contribution in [2.75, 3.05) is 19.5 Å². The normalized spacial score (nSPS) is 23.0. The van der Waals surface area contributed by atoms with Crippen LogP contribution in [0.25, 0.3) is 0 Å². The van der Waals surface area contributed by atoms with Crippen LogP contribution >= 0.6 is 11.8 Å². The number of Topliss-reactive ketones (excluding diaryl/α,β-unsaturated/α-hetero) is 1. The number of hydrogen-bond acceptors (Lipinski definition) is 4. The molecule has 1 fully saturated rings. The smallest absolute Gasteiger partial charge is 0.176 e. The maximum absolute atomic E-state index is 12.1. The number of thioether (sulfide) groups is 1. The van der Waals surface area contributed by atoms with E-state index in [-0.39, 0.29) is 11.9 Å². The molecular weight excluding hydrogens is 248 g/mol. The first kappa shape index (κ1) is 13.4. The summed E-state index contributed by atoms with van der Waals surface area (Å²) in [7, 11) is 1.59. The number of ether oxygens (including phenoxy) is 2. The van der Waals surface area contributed by atoms with Gasteiger partial charge >= 0.3 is 0 Å². The van der Waals surface area contributed by atoms with Crippen molar-refractivity contribution >= 4 is 17.5 Å². The Bertz CT molecular complexity index is 419. The highest BCUT2D eigenvalue weighted by Gasteiger charge is 2.25. The van der Waals surface area contributed by atoms with E-state index in [0.717, 1.165) is 13.0 Å². The molecule has 3 nitrogen and oxygen atoms in total. The third-order valence-electron chi connectivity index (χ3n) is 3.14. The lowest BCUT2D eigenvalue weighted by atomic mass is 10.1. The van der Waals surface area contributed by atoms with E-state index < -0.39 is 0 Å². The minimum atomic E-state index is 0.122. The lowest BCUT2D eigenvalue weighted by Gasteiger charge is -2.13. The van der Waals surface area contributed by atoms with Gasteiger partial charge in [-0.3, -0.25) is 4.79 Å². The van der Waals surface area contributed by atoms with Crippen LogP contribution in [0.3, 0.4) is 0 Å². The Labute approximate surface area is 112 Å². The Morgan fingerprint density at radius 2 is 2.28 bits per heavy atom. The van der Waals surface area contributed by atoms with E-state index in [1.807, 2.05) is 24.3 Å². The number of carbonyl (C=O) groups excluding carboxylic acids is 1. The monoisotopic (exact) mass is 266 g/mol. The zero-order valence-corrected chi connectivity index (χ0v) is 11.5. The second-order valence-electron chi connectivity index (χ2n) is 4.34. The fourth-order valence-corrected chi connectivity index (χ4v) is 3.20. The molecule has 98 valence electrons. The summed E-state index contributed by atoms with van der Waals surface area (Å²) in [6, 6.07) is 7.37. The van der Waals surface area contributed by atoms with Crippen molar-refractivity contribution in [1.82, 2.24) is 0 Å². The summed E-state index contributed by atoms with van der Waals surface area (Å²) in [4.78, 5) is 12.1. The molecule has 2 rings (SSSR count). The summed E-state index contributed by atoms with van der Waals surface area (Å²) in [6.07, 6.45) is 1.28. The van der Waals surface area contributed by atoms with Crippen LogP contribution in [0.1, 0.15) is 23.7 Å². The summed E-state index contributed by atoms with van der Waals surface area (Å²) >= 11 is 1.68. The molecule has 0 amide bonds. The van der Waals surface area contributed by atoms with Gasteiger partial charge in [0.1, 0.15) is 5.75 Å². The fraction of sp³-hybridized carbons (Fsp3) is 0.500. The molecule has 1 aliphatic rings. The number of methoxy groups -OCH3 is 1. The van der Waals surface area contributed by atoms with Crippen molar-refractivity contribution < 1.29 is 14.3 Å². The average Bonchev–Trinajstić information content (AvgIpc) is 2.81. The SMILES string of the molecule is COc1ccccc1C(=O)CSC1CCOC1C. The maximum atomic E-state index is 12.1. The minimum Gasteiger partial charge on any atom is -0.496 e. The van der Waals surface area contributed by atoms with Gasteiger partial charge in [-0.15, -0.1) is 11.8 Å². The van der Waals surface area contributed by atoms with Crippen molar-refractivity contribution in [3.8, 4) is 5.75 Å². The molecule has 1 aromatic rings. The molecule has 0 spiro atoms. The number of para-hydroxylation sites is 1. The molecule has 0 saturated carbocycles. The number of hydrogen-bond donors (Lipinski definition) is 0. The number of rotatable bonds is 5. The lowest BCUT2D eigenvalue weighted by Crippen LogP contribution is -2.16. The second kappa shape index (κ2) is 6.25. The zero-order valence-electron chi connectivity index (χ0n) is 10.7. The van der Waals surface area contributed by atoms with Gasteiger partial charge < -0.3 is 9.47 Å². The molecule has 0 radical (unpaired) electrons. The molecule has 18 heavy (non-hydrogen) atoms. The van der Waals surface area contributed by atoms with E-state index >= 15 is 0 Å². The highest BCUT2D eigenvalue weighted by Crippen LogP contribution is 2.28. The van der Waals surface area contributed by atoms with E-state index in [1.165, 1.54) is 0 Å². The maximum Gasteiger partial charge on any atom is 0.176 e. The summed E-state index contributed by atoms with van der Waals surface area (Å²) in [5, 5.41) is 0.434. The van der Waals surface area contributed by atoms with Crippen LogP contribution in [-0.2, 0) is 4.74 Å². The van der Waals surface area contributed by atoms with Crippen molar-refractivity contribution in [2.24, 2.45) is 0 Å². The third kappa shape index (κ3) is 3.06. The van der Waals surface area contributed by atoms with E-state index in [9.17, 15) is 4.79 Å². The molecule has 2 atom stereocenters. The van der Waals surface area contributed by atoms with Gasteiger partial charge in [-0.05, 0) is 25.5 Å². The molecule has 1 aliphatic heterocycles. The van der Waals surface area contributed by atoms with E-state index in [2.05, 4.69) is 6.92 Å². The molecule has 0 aromatic heterocycles. The van der Waals surface area contributed by atoms with Gasteiger partial charge in [0.2, 0.25) is 0 Å². The van der Waals surface area contributed by atoms with Crippen LogP contribution in [0.15, 0.2) is 24.3 Å². The highest BCUT2D eigenvalue weighted by molar-refractivity contribution is 8.00. The van der Waals surface area contributed by atoms with Gasteiger partial charge in [0, 0.05) is 11.9 Å². The summed E-state index contributed by atoms with van der Waals surface area (Å²) < 4.78 is 10.7. The molecule has 0 bridgehead atoms. The van der Waals surface area contributed by atoms with Crippen LogP contribution in [0.4, 0.5) is 0 Å².